The van der Waals surface area contributed by atoms with Gasteiger partial charge < -0.3 is 0 Å². The van der Waals surface area contributed by atoms with Crippen LogP contribution in [0.25, 0.3) is 0 Å². The summed E-state index contributed by atoms with van der Waals surface area (Å²) < 4.78 is 0. The van der Waals surface area contributed by atoms with Gasteiger partial charge in [0.25, 0.3) is 0 Å². The third kappa shape index (κ3) is 1.97. The third-order valence-corrected chi connectivity index (χ3v) is 1.82. The van der Waals surface area contributed by atoms with E-state index in [0.717, 1.165) is 5.69 Å². The van der Waals surface area contributed by atoms with Gasteiger partial charge in [-0.25, -0.2) is 0 Å². The van der Waals surface area contributed by atoms with Gasteiger partial charge in [0.05, 0.1) is 5.69 Å². The van der Waals surface area contributed by atoms with Gasteiger partial charge in [-0.15, -0.1) is 0 Å². The average molecular weight is 148 g/mol. The van der Waals surface area contributed by atoms with E-state index < -0.39 is 0 Å². The second-order valence-corrected chi connectivity index (χ2v) is 2.97. The zero-order valence-electron chi connectivity index (χ0n) is 7.33. The maximum Gasteiger partial charge on any atom is 0.0571 e. The number of hydrogen-bond acceptors (Lipinski definition) is 0. The fourth-order valence-corrected chi connectivity index (χ4v) is 1.01. The van der Waals surface area contributed by atoms with Crippen molar-refractivity contribution in [3.63, 3.8) is 0 Å². The second-order valence-electron chi connectivity index (χ2n) is 2.97. The minimum atomic E-state index is 0.612. The molecule has 0 aliphatic rings. The van der Waals surface area contributed by atoms with Crippen molar-refractivity contribution in [2.75, 3.05) is 7.05 Å². The van der Waals surface area contributed by atoms with Crippen LogP contribution >= 0.6 is 0 Å². The number of rotatable bonds is 2. The Hall–Kier alpha value is -0.980. The molecule has 0 aliphatic heterocycles. The third-order valence-electron chi connectivity index (χ3n) is 1.82. The van der Waals surface area contributed by atoms with Gasteiger partial charge in [-0.1, -0.05) is 26.0 Å². The Kier molecular flexibility index (Phi) is 2.53. The first kappa shape index (κ1) is 8.12. The van der Waals surface area contributed by atoms with Crippen LogP contribution in [0.15, 0.2) is 24.3 Å². The maximum atomic E-state index is 4.07. The van der Waals surface area contributed by atoms with Gasteiger partial charge in [0, 0.05) is 7.05 Å². The number of nitrogens with zero attached hydrogens (tertiary/aromatic N) is 1. The van der Waals surface area contributed by atoms with Crippen LogP contribution in [-0.4, -0.2) is 7.05 Å². The molecule has 0 saturated carbocycles. The molecule has 11 heavy (non-hydrogen) atoms. The summed E-state index contributed by atoms with van der Waals surface area (Å²) >= 11 is 0. The van der Waals surface area contributed by atoms with Crippen LogP contribution in [0.1, 0.15) is 25.3 Å². The summed E-state index contributed by atoms with van der Waals surface area (Å²) in [6.07, 6.45) is 0. The molecule has 0 unspecified atom stereocenters. The lowest BCUT2D eigenvalue weighted by molar-refractivity contribution is 0.865. The minimum Gasteiger partial charge on any atom is -0.289 e. The minimum absolute atomic E-state index is 0.612. The van der Waals surface area contributed by atoms with Crippen LogP contribution in [0.3, 0.4) is 0 Å². The first-order valence-corrected chi connectivity index (χ1v) is 3.94. The smallest absolute Gasteiger partial charge is 0.0571 e. The van der Waals surface area contributed by atoms with Gasteiger partial charge in [-0.3, -0.25) is 5.32 Å². The van der Waals surface area contributed by atoms with Crippen molar-refractivity contribution in [1.82, 2.24) is 5.32 Å². The molecule has 1 aromatic rings. The maximum absolute atomic E-state index is 4.07. The summed E-state index contributed by atoms with van der Waals surface area (Å²) in [5.74, 6) is 0.612. The van der Waals surface area contributed by atoms with E-state index in [1.165, 1.54) is 5.56 Å². The van der Waals surface area contributed by atoms with Crippen molar-refractivity contribution < 1.29 is 0 Å². The van der Waals surface area contributed by atoms with Crippen LogP contribution in [0.2, 0.25) is 0 Å². The second kappa shape index (κ2) is 3.42. The van der Waals surface area contributed by atoms with Crippen LogP contribution < -0.4 is 5.32 Å². The van der Waals surface area contributed by atoms with E-state index in [0.29, 0.717) is 5.92 Å². The Morgan fingerprint density at radius 3 is 2.00 bits per heavy atom. The van der Waals surface area contributed by atoms with Crippen LogP contribution in [0.4, 0.5) is 5.69 Å². The summed E-state index contributed by atoms with van der Waals surface area (Å²) in [5, 5.41) is 4.07. The molecular formula is C10H14N. The predicted octanol–water partition coefficient (Wildman–Crippen LogP) is 2.68. The molecule has 1 heteroatoms. The van der Waals surface area contributed by atoms with Crippen LogP contribution in [0, 0.1) is 0 Å². The van der Waals surface area contributed by atoms with Crippen molar-refractivity contribution >= 4 is 5.69 Å². The van der Waals surface area contributed by atoms with Gasteiger partial charge >= 0.3 is 0 Å². The Morgan fingerprint density at radius 1 is 1.09 bits per heavy atom. The molecule has 1 aromatic carbocycles. The molecule has 1 rings (SSSR count). The molecule has 0 N–H and O–H groups in total. The largest absolute Gasteiger partial charge is 0.289 e. The fourth-order valence-electron chi connectivity index (χ4n) is 1.01. The summed E-state index contributed by atoms with van der Waals surface area (Å²) in [6.45, 7) is 4.39. The highest BCUT2D eigenvalue weighted by atomic mass is 14.8. The van der Waals surface area contributed by atoms with Gasteiger partial charge in [0.15, 0.2) is 0 Å². The molecule has 1 radical (unpaired) electrons. The molecule has 0 fully saturated rings. The molecule has 0 aromatic heterocycles. The molecule has 0 atom stereocenters. The lowest BCUT2D eigenvalue weighted by Gasteiger charge is -2.04. The van der Waals surface area contributed by atoms with E-state index in [-0.39, 0.29) is 0 Å². The van der Waals surface area contributed by atoms with Gasteiger partial charge in [-0.05, 0) is 23.6 Å². The van der Waals surface area contributed by atoms with Gasteiger partial charge in [-0.2, -0.15) is 0 Å². The zero-order valence-corrected chi connectivity index (χ0v) is 7.33. The quantitative estimate of drug-likeness (QED) is 0.612. The molecule has 0 bridgehead atoms. The molecule has 0 amide bonds. The van der Waals surface area contributed by atoms with E-state index in [9.17, 15) is 0 Å². The highest BCUT2D eigenvalue weighted by molar-refractivity contribution is 5.38. The number of hydrogen-bond donors (Lipinski definition) is 0. The topological polar surface area (TPSA) is 14.1 Å². The Morgan fingerprint density at radius 2 is 1.64 bits per heavy atom. The van der Waals surface area contributed by atoms with Crippen LogP contribution in [0.5, 0.6) is 0 Å². The van der Waals surface area contributed by atoms with E-state index >= 15 is 0 Å². The van der Waals surface area contributed by atoms with Crippen molar-refractivity contribution in [2.45, 2.75) is 19.8 Å². The highest BCUT2D eigenvalue weighted by Gasteiger charge is 1.97. The van der Waals surface area contributed by atoms with Crippen molar-refractivity contribution in [1.29, 1.82) is 0 Å². The Bertz CT molecular complexity index is 211. The fraction of sp³-hybridized carbons (Fsp3) is 0.400. The zero-order chi connectivity index (χ0) is 8.27. The first-order valence-electron chi connectivity index (χ1n) is 3.94. The molecule has 0 aliphatic carbocycles. The highest BCUT2D eigenvalue weighted by Crippen LogP contribution is 2.16. The average Bonchev–Trinajstić information content (AvgIpc) is 2.05. The molecule has 0 spiro atoms. The monoisotopic (exact) mass is 148 g/mol. The lowest BCUT2D eigenvalue weighted by atomic mass is 10.0. The van der Waals surface area contributed by atoms with Gasteiger partial charge in [0.2, 0.25) is 0 Å². The molecule has 0 saturated heterocycles. The van der Waals surface area contributed by atoms with E-state index in [1.807, 2.05) is 7.05 Å². The Balaban J connectivity index is 2.83. The van der Waals surface area contributed by atoms with E-state index in [2.05, 4.69) is 43.4 Å². The van der Waals surface area contributed by atoms with Gasteiger partial charge in [0.1, 0.15) is 0 Å². The van der Waals surface area contributed by atoms with Crippen molar-refractivity contribution in [2.24, 2.45) is 0 Å². The molecule has 1 nitrogen and oxygen atoms in total. The summed E-state index contributed by atoms with van der Waals surface area (Å²) in [5.41, 5.74) is 2.42. The normalized spacial score (nSPS) is 10.2. The first-order chi connectivity index (χ1) is 5.24. The predicted molar refractivity (Wildman–Crippen MR) is 48.2 cm³/mol. The number of benzene rings is 1. The summed E-state index contributed by atoms with van der Waals surface area (Å²) in [4.78, 5) is 0. The molecule has 0 heterocycles. The van der Waals surface area contributed by atoms with E-state index in [4.69, 9.17) is 0 Å². The van der Waals surface area contributed by atoms with Crippen molar-refractivity contribution in [3.8, 4) is 0 Å². The lowest BCUT2D eigenvalue weighted by Crippen LogP contribution is -1.89. The molecular weight excluding hydrogens is 134 g/mol. The molecule has 59 valence electrons. The Labute approximate surface area is 68.4 Å². The van der Waals surface area contributed by atoms with Crippen LogP contribution in [-0.2, 0) is 0 Å². The standard InChI is InChI=1S/C10H14N/c1-8(2)9-4-6-10(11-3)7-5-9/h4-8H,1-3H3. The summed E-state index contributed by atoms with van der Waals surface area (Å²) in [7, 11) is 1.81. The SMILES string of the molecule is C[N]c1ccc(C(C)C)cc1. The van der Waals surface area contributed by atoms with E-state index in [1.54, 1.807) is 0 Å². The van der Waals surface area contributed by atoms with Crippen molar-refractivity contribution in [3.05, 3.63) is 29.8 Å². The summed E-state index contributed by atoms with van der Waals surface area (Å²) in [6, 6.07) is 8.37.